The zero-order chi connectivity index (χ0) is 21.3. The third kappa shape index (κ3) is 4.46. The van der Waals surface area contributed by atoms with Crippen LogP contribution in [0.1, 0.15) is 59.2 Å². The summed E-state index contributed by atoms with van der Waals surface area (Å²) in [5.74, 6) is 0.223. The molecule has 0 unspecified atom stereocenters. The van der Waals surface area contributed by atoms with Crippen molar-refractivity contribution in [2.75, 3.05) is 11.9 Å². The summed E-state index contributed by atoms with van der Waals surface area (Å²) < 4.78 is 0. The van der Waals surface area contributed by atoms with Crippen LogP contribution in [0.4, 0.5) is 5.69 Å². The number of carbonyl (C=O) groups is 2. The van der Waals surface area contributed by atoms with Crippen LogP contribution in [0, 0.1) is 5.92 Å². The maximum atomic E-state index is 13.2. The van der Waals surface area contributed by atoms with E-state index in [-0.39, 0.29) is 16.8 Å². The number of hydrogen-bond acceptors (Lipinski definition) is 2. The fourth-order valence-electron chi connectivity index (χ4n) is 4.67. The van der Waals surface area contributed by atoms with E-state index in [2.05, 4.69) is 5.32 Å². The standard InChI is InChI=1S/C23H23Cl3N2O2/c24-15-7-9-17(19(25)12-15)22(29)27-16-8-10-18(20(26)13-16)23(30)28-11-3-5-14-4-1-2-6-21(14)28/h7-10,12-14,21H,1-6,11H2,(H,27,29)/t14-,21-/m1/s1. The number of nitrogens with zero attached hydrogens (tertiary/aromatic N) is 1. The molecule has 4 rings (SSSR count). The molecule has 2 aliphatic rings. The minimum absolute atomic E-state index is 0.0183. The predicted octanol–water partition coefficient (Wildman–Crippen LogP) is 6.69. The minimum atomic E-state index is -0.368. The SMILES string of the molecule is O=C(Nc1ccc(C(=O)N2CCC[C@H]3CCCC[C@H]32)c(Cl)c1)c1ccc(Cl)cc1Cl. The van der Waals surface area contributed by atoms with Crippen LogP contribution in [0.3, 0.4) is 0 Å². The number of nitrogens with one attached hydrogen (secondary N) is 1. The normalized spacial score (nSPS) is 21.1. The van der Waals surface area contributed by atoms with Crippen molar-refractivity contribution in [3.8, 4) is 0 Å². The summed E-state index contributed by atoms with van der Waals surface area (Å²) in [4.78, 5) is 27.8. The number of benzene rings is 2. The molecule has 1 saturated carbocycles. The number of anilines is 1. The maximum Gasteiger partial charge on any atom is 0.257 e. The molecular formula is C23H23Cl3N2O2. The van der Waals surface area contributed by atoms with Crippen LogP contribution in [-0.2, 0) is 0 Å². The maximum absolute atomic E-state index is 13.2. The van der Waals surface area contributed by atoms with Crippen molar-refractivity contribution < 1.29 is 9.59 Å². The number of rotatable bonds is 3. The van der Waals surface area contributed by atoms with Crippen molar-refractivity contribution in [3.63, 3.8) is 0 Å². The van der Waals surface area contributed by atoms with Gasteiger partial charge in [0.15, 0.2) is 0 Å². The van der Waals surface area contributed by atoms with E-state index in [0.29, 0.717) is 38.8 Å². The Morgan fingerprint density at radius 2 is 1.57 bits per heavy atom. The van der Waals surface area contributed by atoms with Gasteiger partial charge in [-0.25, -0.2) is 0 Å². The Morgan fingerprint density at radius 3 is 2.33 bits per heavy atom. The first-order valence-corrected chi connectivity index (χ1v) is 11.4. The number of hydrogen-bond donors (Lipinski definition) is 1. The van der Waals surface area contributed by atoms with E-state index in [1.54, 1.807) is 30.3 Å². The molecule has 4 nitrogen and oxygen atoms in total. The van der Waals surface area contributed by atoms with E-state index in [0.717, 1.165) is 19.4 Å². The molecule has 158 valence electrons. The van der Waals surface area contributed by atoms with Crippen LogP contribution in [0.15, 0.2) is 36.4 Å². The fraction of sp³-hybridized carbons (Fsp3) is 0.391. The van der Waals surface area contributed by atoms with Crippen molar-refractivity contribution in [2.24, 2.45) is 5.92 Å². The molecule has 1 heterocycles. The second-order valence-electron chi connectivity index (χ2n) is 8.03. The lowest BCUT2D eigenvalue weighted by Gasteiger charge is -2.44. The number of carbonyl (C=O) groups excluding carboxylic acids is 2. The van der Waals surface area contributed by atoms with Gasteiger partial charge in [-0.3, -0.25) is 9.59 Å². The number of halogens is 3. The highest BCUT2D eigenvalue weighted by Crippen LogP contribution is 2.36. The molecule has 2 aromatic carbocycles. The molecule has 2 atom stereocenters. The van der Waals surface area contributed by atoms with E-state index in [4.69, 9.17) is 34.8 Å². The summed E-state index contributed by atoms with van der Waals surface area (Å²) in [5, 5.41) is 3.83. The molecule has 0 bridgehead atoms. The van der Waals surface area contributed by atoms with Gasteiger partial charge in [-0.05, 0) is 68.0 Å². The van der Waals surface area contributed by atoms with E-state index in [1.165, 1.54) is 31.7 Å². The van der Waals surface area contributed by atoms with Gasteiger partial charge in [0, 0.05) is 23.3 Å². The van der Waals surface area contributed by atoms with Crippen LogP contribution in [0.5, 0.6) is 0 Å². The lowest BCUT2D eigenvalue weighted by Crippen LogP contribution is -2.49. The molecule has 1 aliphatic heterocycles. The molecule has 1 aliphatic carbocycles. The highest BCUT2D eigenvalue weighted by molar-refractivity contribution is 6.37. The van der Waals surface area contributed by atoms with Crippen LogP contribution >= 0.6 is 34.8 Å². The van der Waals surface area contributed by atoms with E-state index in [1.807, 2.05) is 4.90 Å². The number of likely N-dealkylation sites (tertiary alicyclic amines) is 1. The molecule has 0 spiro atoms. The summed E-state index contributed by atoms with van der Waals surface area (Å²) in [6.45, 7) is 0.782. The van der Waals surface area contributed by atoms with Gasteiger partial charge in [-0.2, -0.15) is 0 Å². The van der Waals surface area contributed by atoms with Crippen molar-refractivity contribution >= 4 is 52.3 Å². The molecule has 0 aromatic heterocycles. The van der Waals surface area contributed by atoms with E-state index >= 15 is 0 Å². The van der Waals surface area contributed by atoms with Gasteiger partial charge in [-0.1, -0.05) is 47.6 Å². The third-order valence-corrected chi connectivity index (χ3v) is 7.00. The van der Waals surface area contributed by atoms with Gasteiger partial charge in [0.05, 0.1) is 21.2 Å². The summed E-state index contributed by atoms with van der Waals surface area (Å²) >= 11 is 18.5. The Bertz CT molecular complexity index is 977. The molecule has 7 heteroatoms. The molecule has 2 aromatic rings. The summed E-state index contributed by atoms with van der Waals surface area (Å²) in [6, 6.07) is 10.0. The molecule has 2 fully saturated rings. The number of fused-ring (bicyclic) bond motifs is 1. The molecule has 2 amide bonds. The lowest BCUT2D eigenvalue weighted by atomic mass is 9.78. The van der Waals surface area contributed by atoms with Gasteiger partial charge in [0.25, 0.3) is 11.8 Å². The highest BCUT2D eigenvalue weighted by atomic mass is 35.5. The third-order valence-electron chi connectivity index (χ3n) is 6.14. The zero-order valence-corrected chi connectivity index (χ0v) is 18.7. The van der Waals surface area contributed by atoms with Crippen molar-refractivity contribution in [1.29, 1.82) is 0 Å². The van der Waals surface area contributed by atoms with Gasteiger partial charge in [-0.15, -0.1) is 0 Å². The average molecular weight is 466 g/mol. The fourth-order valence-corrected chi connectivity index (χ4v) is 5.43. The Balaban J connectivity index is 1.50. The topological polar surface area (TPSA) is 49.4 Å². The molecule has 1 N–H and O–H groups in total. The smallest absolute Gasteiger partial charge is 0.257 e. The van der Waals surface area contributed by atoms with Crippen molar-refractivity contribution in [1.82, 2.24) is 4.90 Å². The number of amides is 2. The van der Waals surface area contributed by atoms with Gasteiger partial charge < -0.3 is 10.2 Å². The van der Waals surface area contributed by atoms with Gasteiger partial charge in [0.1, 0.15) is 0 Å². The van der Waals surface area contributed by atoms with Crippen LogP contribution in [-0.4, -0.2) is 29.3 Å². The van der Waals surface area contributed by atoms with Gasteiger partial charge >= 0.3 is 0 Å². The quantitative estimate of drug-likeness (QED) is 0.548. The van der Waals surface area contributed by atoms with Gasteiger partial charge in [0.2, 0.25) is 0 Å². The first-order chi connectivity index (χ1) is 14.4. The minimum Gasteiger partial charge on any atom is -0.335 e. The molecule has 1 saturated heterocycles. The Morgan fingerprint density at radius 1 is 0.867 bits per heavy atom. The average Bonchev–Trinajstić information content (AvgIpc) is 2.73. The Kier molecular flexibility index (Phi) is 6.57. The van der Waals surface area contributed by atoms with Crippen molar-refractivity contribution in [2.45, 2.75) is 44.6 Å². The Hall–Kier alpha value is -1.75. The zero-order valence-electron chi connectivity index (χ0n) is 16.5. The second kappa shape index (κ2) is 9.17. The van der Waals surface area contributed by atoms with Crippen molar-refractivity contribution in [3.05, 3.63) is 62.6 Å². The largest absolute Gasteiger partial charge is 0.335 e. The molecular weight excluding hydrogens is 443 g/mol. The second-order valence-corrected chi connectivity index (χ2v) is 9.28. The summed E-state index contributed by atoms with van der Waals surface area (Å²) in [7, 11) is 0. The molecule has 0 radical (unpaired) electrons. The summed E-state index contributed by atoms with van der Waals surface area (Å²) in [6.07, 6.45) is 6.97. The summed E-state index contributed by atoms with van der Waals surface area (Å²) in [5.41, 5.74) is 1.29. The lowest BCUT2D eigenvalue weighted by molar-refractivity contribution is 0.0391. The van der Waals surface area contributed by atoms with E-state index in [9.17, 15) is 9.59 Å². The van der Waals surface area contributed by atoms with Crippen LogP contribution < -0.4 is 5.32 Å². The van der Waals surface area contributed by atoms with Crippen LogP contribution in [0.25, 0.3) is 0 Å². The van der Waals surface area contributed by atoms with E-state index < -0.39 is 0 Å². The first-order valence-electron chi connectivity index (χ1n) is 10.3. The predicted molar refractivity (Wildman–Crippen MR) is 122 cm³/mol. The molecule has 30 heavy (non-hydrogen) atoms. The first kappa shape index (κ1) is 21.5. The van der Waals surface area contributed by atoms with Crippen LogP contribution in [0.2, 0.25) is 15.1 Å². The monoisotopic (exact) mass is 464 g/mol. The highest BCUT2D eigenvalue weighted by Gasteiger charge is 2.36. The number of piperidine rings is 1. The Labute approximate surface area is 191 Å².